The molecule has 0 aliphatic carbocycles. The van der Waals surface area contributed by atoms with E-state index in [2.05, 4.69) is 37.2 Å². The minimum absolute atomic E-state index is 0.0319. The fraction of sp³-hybridized carbons (Fsp3) is 0.477. The van der Waals surface area contributed by atoms with E-state index in [0.29, 0.717) is 5.56 Å². The number of carbonyl (C=O) groups is 11. The highest BCUT2D eigenvalue weighted by molar-refractivity contribution is 7.98. The summed E-state index contributed by atoms with van der Waals surface area (Å²) < 4.78 is 11.1. The summed E-state index contributed by atoms with van der Waals surface area (Å²) in [6.07, 6.45) is -2.00. The van der Waals surface area contributed by atoms with E-state index >= 15 is 0 Å². The number of benzene rings is 2. The molecule has 69 heavy (non-hydrogen) atoms. The Morgan fingerprint density at radius 2 is 1.03 bits per heavy atom. The van der Waals surface area contributed by atoms with Gasteiger partial charge in [0, 0.05) is 12.8 Å². The van der Waals surface area contributed by atoms with Crippen LogP contribution in [0.2, 0.25) is 0 Å². The van der Waals surface area contributed by atoms with Crippen LogP contribution in [0.5, 0.6) is 0 Å². The molecule has 0 aliphatic heterocycles. The summed E-state index contributed by atoms with van der Waals surface area (Å²) in [6.45, 7) is 3.71. The third-order valence-corrected chi connectivity index (χ3v) is 10.0. The Bertz CT molecular complexity index is 2110. The molecule has 2 rings (SSSR count). The van der Waals surface area contributed by atoms with Crippen molar-refractivity contribution in [1.82, 2.24) is 37.2 Å². The number of nitrogens with one attached hydrogen (secondary N) is 7. The lowest BCUT2D eigenvalue weighted by Gasteiger charge is -2.27. The molecule has 0 spiro atoms. The van der Waals surface area contributed by atoms with Gasteiger partial charge in [-0.25, -0.2) is 4.79 Å². The van der Waals surface area contributed by atoms with Crippen LogP contribution in [0.25, 0.3) is 0 Å². The lowest BCUT2D eigenvalue weighted by molar-refractivity contribution is -0.139. The predicted molar refractivity (Wildman–Crippen MR) is 249 cm³/mol. The first-order chi connectivity index (χ1) is 32.5. The molecular weight excluding hydrogens is 925 g/mol. The van der Waals surface area contributed by atoms with Gasteiger partial charge in [0.05, 0.1) is 26.1 Å². The number of carboxylic acids is 1. The van der Waals surface area contributed by atoms with Crippen LogP contribution in [0, 0.1) is 0 Å². The third-order valence-electron chi connectivity index (χ3n) is 9.37. The molecule has 6 atom stereocenters. The molecule has 2 aromatic rings. The number of nitrogens with two attached hydrogens (primary N) is 3. The van der Waals surface area contributed by atoms with E-state index in [1.165, 1.54) is 11.8 Å². The number of alkyl carbamates (subject to hydrolysis) is 1. The largest absolute Gasteiger partial charge is 0.480 e. The van der Waals surface area contributed by atoms with Crippen molar-refractivity contribution in [3.05, 3.63) is 71.8 Å². The van der Waals surface area contributed by atoms with E-state index in [-0.39, 0.29) is 38.2 Å². The summed E-state index contributed by atoms with van der Waals surface area (Å²) in [5.41, 5.74) is 16.4. The molecule has 0 saturated heterocycles. The van der Waals surface area contributed by atoms with Gasteiger partial charge in [-0.2, -0.15) is 11.8 Å². The quantitative estimate of drug-likeness (QED) is 0.0393. The van der Waals surface area contributed by atoms with Crippen LogP contribution < -0.4 is 54.4 Å². The zero-order chi connectivity index (χ0) is 51.7. The minimum atomic E-state index is -1.86. The average Bonchev–Trinajstić information content (AvgIpc) is 3.26. The lowest BCUT2D eigenvalue weighted by atomic mass is 10.0. The van der Waals surface area contributed by atoms with Crippen molar-refractivity contribution in [2.75, 3.05) is 25.2 Å². The van der Waals surface area contributed by atoms with Gasteiger partial charge in [-0.05, 0) is 56.7 Å². The highest BCUT2D eigenvalue weighted by atomic mass is 32.2. The second kappa shape index (κ2) is 29.5. The molecule has 0 fully saturated rings. The topological polar surface area (TPSA) is 389 Å². The molecule has 0 radical (unpaired) electrons. The van der Waals surface area contributed by atoms with Gasteiger partial charge in [0.2, 0.25) is 53.2 Å². The van der Waals surface area contributed by atoms with Crippen LogP contribution in [-0.4, -0.2) is 137 Å². The molecular formula is C44H62N10O14S. The molecule has 0 saturated carbocycles. The first-order valence-electron chi connectivity index (χ1n) is 21.5. The van der Waals surface area contributed by atoms with Gasteiger partial charge in [0.1, 0.15) is 48.4 Å². The number of thioether (sulfide) groups is 1. The highest BCUT2D eigenvalue weighted by Gasteiger charge is 2.35. The second-order valence-corrected chi connectivity index (χ2v) is 17.4. The van der Waals surface area contributed by atoms with Gasteiger partial charge in [-0.15, -0.1) is 0 Å². The Morgan fingerprint density at radius 1 is 0.580 bits per heavy atom. The summed E-state index contributed by atoms with van der Waals surface area (Å²) in [5.74, 6) is -10.4. The summed E-state index contributed by atoms with van der Waals surface area (Å²) in [4.78, 5) is 142. The highest BCUT2D eigenvalue weighted by Crippen LogP contribution is 2.11. The Hall–Kier alpha value is -7.28. The lowest BCUT2D eigenvalue weighted by Crippen LogP contribution is -2.61. The maximum Gasteiger partial charge on any atom is 0.408 e. The van der Waals surface area contributed by atoms with Crippen molar-refractivity contribution in [1.29, 1.82) is 0 Å². The summed E-state index contributed by atoms with van der Waals surface area (Å²) >= 11 is 1.31. The predicted octanol–water partition coefficient (Wildman–Crippen LogP) is -2.27. The van der Waals surface area contributed by atoms with Crippen molar-refractivity contribution >= 4 is 77.0 Å². The maximum atomic E-state index is 13.9. The molecule has 14 N–H and O–H groups in total. The van der Waals surface area contributed by atoms with Crippen LogP contribution in [0.3, 0.4) is 0 Å². The fourth-order valence-electron chi connectivity index (χ4n) is 6.09. The van der Waals surface area contributed by atoms with Crippen LogP contribution in [0.15, 0.2) is 60.7 Å². The zero-order valence-electron chi connectivity index (χ0n) is 38.7. The van der Waals surface area contributed by atoms with Gasteiger partial charge >= 0.3 is 12.1 Å². The third kappa shape index (κ3) is 23.8. The maximum absolute atomic E-state index is 13.9. The number of hydrogen-bond acceptors (Lipinski definition) is 14. The molecule has 10 amide bonds. The van der Waals surface area contributed by atoms with Gasteiger partial charge < -0.3 is 69.0 Å². The summed E-state index contributed by atoms with van der Waals surface area (Å²) in [6, 6.07) is 7.52. The number of rotatable bonds is 30. The first-order valence-corrected chi connectivity index (χ1v) is 22.9. The molecule has 0 aromatic heterocycles. The van der Waals surface area contributed by atoms with Gasteiger partial charge in [-0.1, -0.05) is 60.7 Å². The smallest absolute Gasteiger partial charge is 0.408 e. The second-order valence-electron chi connectivity index (χ2n) is 16.4. The van der Waals surface area contributed by atoms with Crippen LogP contribution >= 0.6 is 11.8 Å². The van der Waals surface area contributed by atoms with Crippen LogP contribution in [-0.2, 0) is 70.4 Å². The van der Waals surface area contributed by atoms with E-state index < -0.39 is 133 Å². The van der Waals surface area contributed by atoms with Gasteiger partial charge in [0.25, 0.3) is 0 Å². The van der Waals surface area contributed by atoms with Crippen molar-refractivity contribution < 1.29 is 67.3 Å². The molecule has 0 heterocycles. The molecule has 25 heteroatoms. The number of amides is 10. The number of ether oxygens (including phenoxy) is 2. The van der Waals surface area contributed by atoms with Crippen LogP contribution in [0.4, 0.5) is 4.79 Å². The summed E-state index contributed by atoms with van der Waals surface area (Å²) in [7, 11) is 0. The molecule has 378 valence electrons. The van der Waals surface area contributed by atoms with E-state index in [4.69, 9.17) is 31.8 Å². The Kier molecular flexibility index (Phi) is 24.7. The Morgan fingerprint density at radius 3 is 1.51 bits per heavy atom. The van der Waals surface area contributed by atoms with Gasteiger partial charge in [0.15, 0.2) is 0 Å². The van der Waals surface area contributed by atoms with Crippen LogP contribution in [0.1, 0.15) is 64.0 Å². The number of aliphatic carboxylic acids is 1. The minimum Gasteiger partial charge on any atom is -0.480 e. The SMILES string of the molecule is CSCC[C@H](NC(=O)[C@H](COCc1ccccc1)NC(=O)OC(C)(C)C)C(=O)N[C@@H](CC(N)=O)C(=O)N[C@@H](CC(N)=O)C(=O)N[C@@H](Cc1ccccc1)C(=O)N[C@@H](CCC(N)=O)C(=O)NCC(=O)O. The van der Waals surface area contributed by atoms with Crippen molar-refractivity contribution in [2.24, 2.45) is 17.2 Å². The van der Waals surface area contributed by atoms with E-state index in [1.54, 1.807) is 87.7 Å². The Balaban J connectivity index is 2.40. The normalized spacial score (nSPS) is 13.6. The number of carbonyl (C=O) groups excluding carboxylic acids is 10. The van der Waals surface area contributed by atoms with Crippen molar-refractivity contribution in [2.45, 2.75) is 108 Å². The summed E-state index contributed by atoms with van der Waals surface area (Å²) in [5, 5.41) is 25.5. The van der Waals surface area contributed by atoms with Crippen molar-refractivity contribution in [3.63, 3.8) is 0 Å². The zero-order valence-corrected chi connectivity index (χ0v) is 39.5. The van der Waals surface area contributed by atoms with Gasteiger partial charge in [-0.3, -0.25) is 47.9 Å². The Labute approximate surface area is 402 Å². The monoisotopic (exact) mass is 986 g/mol. The van der Waals surface area contributed by atoms with E-state index in [9.17, 15) is 52.7 Å². The molecule has 0 aliphatic rings. The van der Waals surface area contributed by atoms with E-state index in [1.807, 2.05) is 0 Å². The fourth-order valence-corrected chi connectivity index (χ4v) is 6.56. The van der Waals surface area contributed by atoms with Crippen molar-refractivity contribution in [3.8, 4) is 0 Å². The average molecular weight is 987 g/mol. The van der Waals surface area contributed by atoms with E-state index in [0.717, 1.165) is 5.56 Å². The number of hydrogen-bond donors (Lipinski definition) is 11. The standard InChI is InChI=1S/C44H62N10O14S/c1-44(2,3)68-43(66)54-32(24-67-23-26-13-9-6-10-14-26)42(65)50-28(17-18-69-4)38(61)52-30(20-34(46)56)41(64)53-31(21-35(47)57)40(63)51-29(19-25-11-7-5-8-12-25)39(62)49-27(15-16-33(45)55)37(60)48-22-36(58)59/h5-14,27-32H,15-24H2,1-4H3,(H2,45,55)(H2,46,56)(H2,47,57)(H,48,60)(H,49,62)(H,50,65)(H,51,63)(H,52,61)(H,53,64)(H,54,66)(H,58,59)/t27-,28-,29-,30-,31-,32-/m0/s1. The number of carboxylic acid groups (broad SMARTS) is 1. The molecule has 2 aromatic carbocycles. The molecule has 0 bridgehead atoms. The number of primary amides is 3. The molecule has 0 unspecified atom stereocenters. The first kappa shape index (κ1) is 57.8. The molecule has 24 nitrogen and oxygen atoms in total.